The van der Waals surface area contributed by atoms with E-state index < -0.39 is 0 Å². The fourth-order valence-electron chi connectivity index (χ4n) is 3.97. The summed E-state index contributed by atoms with van der Waals surface area (Å²) in [5, 5.41) is 3.79. The molecule has 0 spiro atoms. The van der Waals surface area contributed by atoms with Crippen LogP contribution in [-0.2, 0) is 0 Å². The number of ketones is 1. The Morgan fingerprint density at radius 2 is 1.56 bits per heavy atom. The molecule has 2 aromatic carbocycles. The average molecular weight is 333 g/mol. The molecule has 0 heterocycles. The van der Waals surface area contributed by atoms with E-state index in [9.17, 15) is 4.79 Å². The summed E-state index contributed by atoms with van der Waals surface area (Å²) in [6.07, 6.45) is 8.40. The van der Waals surface area contributed by atoms with Crippen LogP contribution in [0.3, 0.4) is 0 Å². The van der Waals surface area contributed by atoms with Crippen molar-refractivity contribution in [1.29, 1.82) is 0 Å². The molecule has 2 aliphatic rings. The van der Waals surface area contributed by atoms with Gasteiger partial charge in [0.05, 0.1) is 6.04 Å². The van der Waals surface area contributed by atoms with Crippen molar-refractivity contribution in [2.45, 2.75) is 51.6 Å². The van der Waals surface area contributed by atoms with Crippen LogP contribution in [0.15, 0.2) is 60.2 Å². The lowest BCUT2D eigenvalue weighted by atomic mass is 9.93. The minimum absolute atomic E-state index is 0. The minimum atomic E-state index is 0. The molecular formula is C23H27NO. The molecule has 0 amide bonds. The molecule has 1 N–H and O–H groups in total. The maximum Gasteiger partial charge on any atom is 0.191 e. The van der Waals surface area contributed by atoms with Crippen LogP contribution in [0.2, 0.25) is 0 Å². The Balaban J connectivity index is 0.00000182. The zero-order valence-corrected chi connectivity index (χ0v) is 13.9. The standard InChI is InChI=1S/C22H23NO.CH4/c24-22-19-14-8-7-13-18(19)21(23-17-11-5-2-6-12-17)20(22)15-16-9-3-1-4-10-16;/h1,3-4,7-10,13-15,17,21,23H,2,5-6,11-12H2;1H4/b20-15+;. The van der Waals surface area contributed by atoms with Crippen molar-refractivity contribution in [2.75, 3.05) is 0 Å². The highest BCUT2D eigenvalue weighted by atomic mass is 16.1. The molecular weight excluding hydrogens is 306 g/mol. The Bertz CT molecular complexity index is 757. The van der Waals surface area contributed by atoms with Gasteiger partial charge in [-0.05, 0) is 30.0 Å². The lowest BCUT2D eigenvalue weighted by molar-refractivity contribution is 0.103. The summed E-state index contributed by atoms with van der Waals surface area (Å²) in [6.45, 7) is 0. The van der Waals surface area contributed by atoms with E-state index in [0.717, 1.165) is 22.3 Å². The summed E-state index contributed by atoms with van der Waals surface area (Å²) >= 11 is 0. The summed E-state index contributed by atoms with van der Waals surface area (Å²) in [7, 11) is 0. The Morgan fingerprint density at radius 1 is 0.880 bits per heavy atom. The molecule has 1 atom stereocenters. The van der Waals surface area contributed by atoms with Crippen LogP contribution in [0.4, 0.5) is 0 Å². The second kappa shape index (κ2) is 7.79. The predicted octanol–water partition coefficient (Wildman–Crippen LogP) is 5.57. The topological polar surface area (TPSA) is 29.1 Å². The fourth-order valence-corrected chi connectivity index (χ4v) is 3.97. The molecule has 2 nitrogen and oxygen atoms in total. The van der Waals surface area contributed by atoms with E-state index in [1.54, 1.807) is 0 Å². The van der Waals surface area contributed by atoms with E-state index in [1.807, 2.05) is 36.4 Å². The Morgan fingerprint density at radius 3 is 2.32 bits per heavy atom. The molecule has 4 rings (SSSR count). The third-order valence-electron chi connectivity index (χ3n) is 5.22. The minimum Gasteiger partial charge on any atom is -0.303 e. The van der Waals surface area contributed by atoms with E-state index in [1.165, 1.54) is 32.1 Å². The molecule has 0 bridgehead atoms. The molecule has 0 saturated heterocycles. The molecule has 25 heavy (non-hydrogen) atoms. The summed E-state index contributed by atoms with van der Waals surface area (Å²) in [5.41, 5.74) is 3.96. The van der Waals surface area contributed by atoms with Crippen molar-refractivity contribution in [3.63, 3.8) is 0 Å². The molecule has 130 valence electrons. The Labute approximate surface area is 151 Å². The number of nitrogens with one attached hydrogen (secondary N) is 1. The van der Waals surface area contributed by atoms with Gasteiger partial charge in [0.15, 0.2) is 5.78 Å². The van der Waals surface area contributed by atoms with Gasteiger partial charge in [-0.25, -0.2) is 0 Å². The highest BCUT2D eigenvalue weighted by molar-refractivity contribution is 6.16. The maximum absolute atomic E-state index is 12.9. The van der Waals surface area contributed by atoms with Gasteiger partial charge < -0.3 is 5.32 Å². The molecule has 1 saturated carbocycles. The van der Waals surface area contributed by atoms with Crippen LogP contribution < -0.4 is 5.32 Å². The molecule has 2 aliphatic carbocycles. The first-order chi connectivity index (χ1) is 11.8. The first-order valence-corrected chi connectivity index (χ1v) is 8.99. The quantitative estimate of drug-likeness (QED) is 0.744. The van der Waals surface area contributed by atoms with Gasteiger partial charge in [-0.3, -0.25) is 4.79 Å². The van der Waals surface area contributed by atoms with Crippen LogP contribution in [0.25, 0.3) is 6.08 Å². The van der Waals surface area contributed by atoms with Gasteiger partial charge in [-0.2, -0.15) is 0 Å². The zero-order chi connectivity index (χ0) is 16.4. The van der Waals surface area contributed by atoms with Gasteiger partial charge in [0, 0.05) is 17.2 Å². The zero-order valence-electron chi connectivity index (χ0n) is 13.9. The molecule has 1 unspecified atom stereocenters. The Kier molecular flexibility index (Phi) is 5.50. The molecule has 0 aliphatic heterocycles. The lowest BCUT2D eigenvalue weighted by Crippen LogP contribution is -2.34. The molecule has 1 fully saturated rings. The predicted molar refractivity (Wildman–Crippen MR) is 105 cm³/mol. The molecule has 2 heteroatoms. The second-order valence-electron chi connectivity index (χ2n) is 6.86. The summed E-state index contributed by atoms with van der Waals surface area (Å²) in [6, 6.07) is 18.7. The van der Waals surface area contributed by atoms with E-state index in [2.05, 4.69) is 29.6 Å². The van der Waals surface area contributed by atoms with Gasteiger partial charge in [0.25, 0.3) is 0 Å². The van der Waals surface area contributed by atoms with E-state index >= 15 is 0 Å². The van der Waals surface area contributed by atoms with Crippen molar-refractivity contribution in [3.05, 3.63) is 76.9 Å². The highest BCUT2D eigenvalue weighted by Gasteiger charge is 2.35. The molecule has 2 aromatic rings. The summed E-state index contributed by atoms with van der Waals surface area (Å²) in [5.74, 6) is 0.169. The number of hydrogen-bond donors (Lipinski definition) is 1. The van der Waals surface area contributed by atoms with Crippen molar-refractivity contribution in [3.8, 4) is 0 Å². The van der Waals surface area contributed by atoms with Crippen LogP contribution in [0.5, 0.6) is 0 Å². The SMILES string of the molecule is C.O=C1/C(=C/c2ccccc2)C(NC2CCCCC2)c2ccccc21. The van der Waals surface area contributed by atoms with Crippen molar-refractivity contribution in [2.24, 2.45) is 0 Å². The fraction of sp³-hybridized carbons (Fsp3) is 0.348. The number of carbonyl (C=O) groups is 1. The third-order valence-corrected chi connectivity index (χ3v) is 5.22. The number of benzene rings is 2. The summed E-state index contributed by atoms with van der Waals surface area (Å²) in [4.78, 5) is 12.9. The first kappa shape index (κ1) is 17.6. The molecule has 0 aromatic heterocycles. The number of rotatable bonds is 3. The summed E-state index contributed by atoms with van der Waals surface area (Å²) < 4.78 is 0. The van der Waals surface area contributed by atoms with Crippen molar-refractivity contribution in [1.82, 2.24) is 5.32 Å². The van der Waals surface area contributed by atoms with Crippen LogP contribution in [-0.4, -0.2) is 11.8 Å². The van der Waals surface area contributed by atoms with Gasteiger partial charge >= 0.3 is 0 Å². The largest absolute Gasteiger partial charge is 0.303 e. The van der Waals surface area contributed by atoms with Crippen molar-refractivity contribution < 1.29 is 4.79 Å². The number of hydrogen-bond acceptors (Lipinski definition) is 2. The third kappa shape index (κ3) is 3.59. The van der Waals surface area contributed by atoms with Crippen LogP contribution in [0.1, 0.15) is 67.1 Å². The van der Waals surface area contributed by atoms with Crippen molar-refractivity contribution >= 4 is 11.9 Å². The van der Waals surface area contributed by atoms with Gasteiger partial charge in [0.2, 0.25) is 0 Å². The van der Waals surface area contributed by atoms with E-state index in [4.69, 9.17) is 0 Å². The van der Waals surface area contributed by atoms with Crippen LogP contribution >= 0.6 is 0 Å². The lowest BCUT2D eigenvalue weighted by Gasteiger charge is -2.27. The van der Waals surface area contributed by atoms with E-state index in [-0.39, 0.29) is 19.3 Å². The van der Waals surface area contributed by atoms with Gasteiger partial charge in [-0.1, -0.05) is 81.3 Å². The highest BCUT2D eigenvalue weighted by Crippen LogP contribution is 2.38. The Hall–Kier alpha value is -2.19. The monoisotopic (exact) mass is 333 g/mol. The number of fused-ring (bicyclic) bond motifs is 1. The maximum atomic E-state index is 12.9. The second-order valence-corrected chi connectivity index (χ2v) is 6.86. The van der Waals surface area contributed by atoms with Crippen LogP contribution in [0, 0.1) is 0 Å². The number of Topliss-reactive ketones (excluding diaryl/α,β-unsaturated/α-hetero) is 1. The van der Waals surface area contributed by atoms with Gasteiger partial charge in [-0.15, -0.1) is 0 Å². The molecule has 0 radical (unpaired) electrons. The normalized spacial score (nSPS) is 21.8. The average Bonchev–Trinajstić information content (AvgIpc) is 2.90. The smallest absolute Gasteiger partial charge is 0.191 e. The van der Waals surface area contributed by atoms with E-state index in [0.29, 0.717) is 6.04 Å². The number of carbonyl (C=O) groups excluding carboxylic acids is 1. The van der Waals surface area contributed by atoms with Gasteiger partial charge in [0.1, 0.15) is 0 Å². The first-order valence-electron chi connectivity index (χ1n) is 8.99.